The SMILES string of the molecule is CC(C)(C)c1ccc2c(c1)ncn2CC1CC1. The van der Waals surface area contributed by atoms with Crippen molar-refractivity contribution in [2.75, 3.05) is 0 Å². The largest absolute Gasteiger partial charge is 0.330 e. The molecule has 2 nitrogen and oxygen atoms in total. The van der Waals surface area contributed by atoms with Crippen LogP contribution in [0, 0.1) is 5.92 Å². The van der Waals surface area contributed by atoms with Crippen LogP contribution in [0.1, 0.15) is 39.2 Å². The Morgan fingerprint density at radius 3 is 2.71 bits per heavy atom. The molecule has 1 heterocycles. The third-order valence-corrected chi connectivity index (χ3v) is 3.64. The minimum atomic E-state index is 0.203. The molecule has 0 N–H and O–H groups in total. The monoisotopic (exact) mass is 228 g/mol. The Labute approximate surface area is 103 Å². The van der Waals surface area contributed by atoms with E-state index in [1.807, 2.05) is 6.33 Å². The highest BCUT2D eigenvalue weighted by molar-refractivity contribution is 5.76. The van der Waals surface area contributed by atoms with Crippen molar-refractivity contribution in [1.82, 2.24) is 9.55 Å². The van der Waals surface area contributed by atoms with Crippen molar-refractivity contribution in [3.63, 3.8) is 0 Å². The summed E-state index contributed by atoms with van der Waals surface area (Å²) >= 11 is 0. The first-order valence-corrected chi connectivity index (χ1v) is 6.49. The lowest BCUT2D eigenvalue weighted by Gasteiger charge is -2.18. The molecule has 2 aromatic rings. The maximum absolute atomic E-state index is 4.54. The van der Waals surface area contributed by atoms with Crippen LogP contribution in [0.5, 0.6) is 0 Å². The number of fused-ring (bicyclic) bond motifs is 1. The van der Waals surface area contributed by atoms with Crippen LogP contribution in [0.2, 0.25) is 0 Å². The lowest BCUT2D eigenvalue weighted by atomic mass is 9.87. The van der Waals surface area contributed by atoms with E-state index in [4.69, 9.17) is 0 Å². The summed E-state index contributed by atoms with van der Waals surface area (Å²) in [7, 11) is 0. The molecule has 0 bridgehead atoms. The van der Waals surface area contributed by atoms with Crippen molar-refractivity contribution in [3.8, 4) is 0 Å². The third kappa shape index (κ3) is 2.08. The minimum Gasteiger partial charge on any atom is -0.330 e. The average molecular weight is 228 g/mol. The standard InChI is InChI=1S/C15H20N2/c1-15(2,3)12-6-7-14-13(8-12)16-10-17(14)9-11-4-5-11/h6-8,10-11H,4-5,9H2,1-3H3. The summed E-state index contributed by atoms with van der Waals surface area (Å²) in [5, 5.41) is 0. The fraction of sp³-hybridized carbons (Fsp3) is 0.533. The van der Waals surface area contributed by atoms with Gasteiger partial charge in [-0.15, -0.1) is 0 Å². The van der Waals surface area contributed by atoms with Crippen LogP contribution in [-0.2, 0) is 12.0 Å². The molecule has 1 aromatic heterocycles. The second-order valence-corrected chi connectivity index (χ2v) is 6.29. The number of imidazole rings is 1. The van der Waals surface area contributed by atoms with Crippen LogP contribution in [0.3, 0.4) is 0 Å². The van der Waals surface area contributed by atoms with E-state index in [-0.39, 0.29) is 5.41 Å². The second-order valence-electron chi connectivity index (χ2n) is 6.29. The highest BCUT2D eigenvalue weighted by Gasteiger charge is 2.22. The summed E-state index contributed by atoms with van der Waals surface area (Å²) in [6, 6.07) is 6.71. The van der Waals surface area contributed by atoms with Gasteiger partial charge in [0.15, 0.2) is 0 Å². The van der Waals surface area contributed by atoms with Crippen molar-refractivity contribution in [2.24, 2.45) is 5.92 Å². The number of benzene rings is 1. The van der Waals surface area contributed by atoms with Crippen LogP contribution in [0.4, 0.5) is 0 Å². The van der Waals surface area contributed by atoms with Crippen LogP contribution >= 0.6 is 0 Å². The summed E-state index contributed by atoms with van der Waals surface area (Å²) in [5.74, 6) is 0.898. The Bertz CT molecular complexity index is 542. The Hall–Kier alpha value is -1.31. The zero-order chi connectivity index (χ0) is 12.0. The van der Waals surface area contributed by atoms with Crippen molar-refractivity contribution < 1.29 is 0 Å². The van der Waals surface area contributed by atoms with Gasteiger partial charge in [-0.05, 0) is 41.9 Å². The predicted octanol–water partition coefficient (Wildman–Crippen LogP) is 3.74. The number of hydrogen-bond acceptors (Lipinski definition) is 1. The Kier molecular flexibility index (Phi) is 2.29. The molecule has 1 saturated carbocycles. The number of aromatic nitrogens is 2. The Balaban J connectivity index is 2.00. The van der Waals surface area contributed by atoms with Gasteiger partial charge in [-0.2, -0.15) is 0 Å². The molecule has 90 valence electrons. The zero-order valence-corrected chi connectivity index (χ0v) is 10.9. The highest BCUT2D eigenvalue weighted by atomic mass is 15.0. The summed E-state index contributed by atoms with van der Waals surface area (Å²) in [6.45, 7) is 7.88. The van der Waals surface area contributed by atoms with Crippen molar-refractivity contribution >= 4 is 11.0 Å². The quantitative estimate of drug-likeness (QED) is 0.765. The molecule has 3 rings (SSSR count). The molecular formula is C15H20N2. The van der Waals surface area contributed by atoms with Gasteiger partial charge in [0.2, 0.25) is 0 Å². The normalized spacial score (nSPS) is 16.6. The summed E-state index contributed by atoms with van der Waals surface area (Å²) in [4.78, 5) is 4.54. The topological polar surface area (TPSA) is 17.8 Å². The van der Waals surface area contributed by atoms with Gasteiger partial charge in [-0.25, -0.2) is 4.98 Å². The number of nitrogens with zero attached hydrogens (tertiary/aromatic N) is 2. The van der Waals surface area contributed by atoms with E-state index < -0.39 is 0 Å². The molecule has 1 aliphatic carbocycles. The first-order valence-electron chi connectivity index (χ1n) is 6.49. The Morgan fingerprint density at radius 1 is 1.29 bits per heavy atom. The summed E-state index contributed by atoms with van der Waals surface area (Å²) in [6.07, 6.45) is 4.77. The van der Waals surface area contributed by atoms with E-state index in [1.165, 1.54) is 23.9 Å². The van der Waals surface area contributed by atoms with Crippen molar-refractivity contribution in [2.45, 2.75) is 45.6 Å². The van der Waals surface area contributed by atoms with Crippen molar-refractivity contribution in [1.29, 1.82) is 0 Å². The lowest BCUT2D eigenvalue weighted by Crippen LogP contribution is -2.10. The van der Waals surface area contributed by atoms with Gasteiger partial charge >= 0.3 is 0 Å². The fourth-order valence-corrected chi connectivity index (χ4v) is 2.25. The average Bonchev–Trinajstić information content (AvgIpc) is 2.98. The minimum absolute atomic E-state index is 0.203. The molecule has 17 heavy (non-hydrogen) atoms. The van der Waals surface area contributed by atoms with Crippen LogP contribution in [-0.4, -0.2) is 9.55 Å². The molecule has 2 heteroatoms. The molecular weight excluding hydrogens is 208 g/mol. The highest BCUT2D eigenvalue weighted by Crippen LogP contribution is 2.32. The van der Waals surface area contributed by atoms with Gasteiger partial charge in [0.1, 0.15) is 0 Å². The predicted molar refractivity (Wildman–Crippen MR) is 71.2 cm³/mol. The maximum Gasteiger partial charge on any atom is 0.0958 e. The Morgan fingerprint density at radius 2 is 2.06 bits per heavy atom. The van der Waals surface area contributed by atoms with Gasteiger partial charge in [0.25, 0.3) is 0 Å². The van der Waals surface area contributed by atoms with Gasteiger partial charge < -0.3 is 4.57 Å². The fourth-order valence-electron chi connectivity index (χ4n) is 2.25. The first-order chi connectivity index (χ1) is 8.04. The van der Waals surface area contributed by atoms with Crippen LogP contribution in [0.15, 0.2) is 24.5 Å². The molecule has 0 aliphatic heterocycles. The van der Waals surface area contributed by atoms with E-state index >= 15 is 0 Å². The van der Waals surface area contributed by atoms with E-state index in [1.54, 1.807) is 0 Å². The first kappa shape index (κ1) is 10.8. The summed E-state index contributed by atoms with van der Waals surface area (Å²) in [5.41, 5.74) is 3.98. The van der Waals surface area contributed by atoms with Gasteiger partial charge in [0, 0.05) is 6.54 Å². The van der Waals surface area contributed by atoms with Gasteiger partial charge in [-0.3, -0.25) is 0 Å². The molecule has 0 saturated heterocycles. The van der Waals surface area contributed by atoms with E-state index in [9.17, 15) is 0 Å². The number of hydrogen-bond donors (Lipinski definition) is 0. The molecule has 1 aromatic carbocycles. The maximum atomic E-state index is 4.54. The van der Waals surface area contributed by atoms with E-state index in [0.717, 1.165) is 18.0 Å². The zero-order valence-electron chi connectivity index (χ0n) is 10.9. The third-order valence-electron chi connectivity index (χ3n) is 3.64. The van der Waals surface area contributed by atoms with Crippen LogP contribution in [0.25, 0.3) is 11.0 Å². The number of rotatable bonds is 2. The molecule has 0 spiro atoms. The smallest absolute Gasteiger partial charge is 0.0958 e. The van der Waals surface area contributed by atoms with Crippen LogP contribution < -0.4 is 0 Å². The molecule has 0 radical (unpaired) electrons. The second kappa shape index (κ2) is 3.59. The van der Waals surface area contributed by atoms with Crippen molar-refractivity contribution in [3.05, 3.63) is 30.1 Å². The van der Waals surface area contributed by atoms with E-state index in [2.05, 4.69) is 48.5 Å². The van der Waals surface area contributed by atoms with Gasteiger partial charge in [0.05, 0.1) is 17.4 Å². The molecule has 0 atom stereocenters. The molecule has 0 unspecified atom stereocenters. The molecule has 1 aliphatic rings. The van der Waals surface area contributed by atoms with E-state index in [0.29, 0.717) is 0 Å². The van der Waals surface area contributed by atoms with Gasteiger partial charge in [-0.1, -0.05) is 26.8 Å². The summed E-state index contributed by atoms with van der Waals surface area (Å²) < 4.78 is 2.31. The molecule has 0 amide bonds. The lowest BCUT2D eigenvalue weighted by molar-refractivity contribution is 0.591. The molecule has 1 fully saturated rings.